The van der Waals surface area contributed by atoms with Gasteiger partial charge < -0.3 is 14.2 Å². The van der Waals surface area contributed by atoms with Crippen LogP contribution in [-0.2, 0) is 0 Å². The Bertz CT molecular complexity index is 763. The smallest absolute Gasteiger partial charge is 0.203 e. The van der Waals surface area contributed by atoms with Gasteiger partial charge in [0.15, 0.2) is 17.3 Å². The minimum Gasteiger partial charge on any atom is -0.493 e. The second kappa shape index (κ2) is 9.99. The fourth-order valence-electron chi connectivity index (χ4n) is 2.07. The molecule has 2 aromatic rings. The van der Waals surface area contributed by atoms with Gasteiger partial charge in [-0.15, -0.1) is 0 Å². The molecule has 0 spiro atoms. The zero-order chi connectivity index (χ0) is 18.8. The van der Waals surface area contributed by atoms with Crippen molar-refractivity contribution in [3.05, 3.63) is 47.3 Å². The lowest BCUT2D eigenvalue weighted by molar-refractivity contribution is 0.101. The van der Waals surface area contributed by atoms with Crippen LogP contribution in [0, 0.1) is 11.8 Å². The molecule has 0 amide bonds. The molecule has 0 aliphatic carbocycles. The Morgan fingerprint density at radius 1 is 1.00 bits per heavy atom. The van der Waals surface area contributed by atoms with Gasteiger partial charge in [0.1, 0.15) is 5.69 Å². The largest absolute Gasteiger partial charge is 0.493 e. The molecule has 2 rings (SSSR count). The predicted octanol–water partition coefficient (Wildman–Crippen LogP) is 3.74. The number of pyridine rings is 1. The van der Waals surface area contributed by atoms with Crippen LogP contribution < -0.4 is 14.2 Å². The zero-order valence-electron chi connectivity index (χ0n) is 15.5. The summed E-state index contributed by atoms with van der Waals surface area (Å²) in [6.07, 6.45) is 1.60. The number of ketones is 1. The van der Waals surface area contributed by atoms with E-state index in [0.717, 1.165) is 0 Å². The lowest BCUT2D eigenvalue weighted by Crippen LogP contribution is -1.98. The molecular formula is C20H23NO4. The molecule has 132 valence electrons. The second-order valence-electron chi connectivity index (χ2n) is 4.62. The molecule has 0 N–H and O–H groups in total. The first-order chi connectivity index (χ1) is 12.1. The molecule has 0 aliphatic rings. The van der Waals surface area contributed by atoms with Crippen molar-refractivity contribution < 1.29 is 19.0 Å². The van der Waals surface area contributed by atoms with Crippen LogP contribution in [0.4, 0.5) is 0 Å². The minimum absolute atomic E-state index is 0.0766. The van der Waals surface area contributed by atoms with Crippen LogP contribution in [0.5, 0.6) is 17.2 Å². The van der Waals surface area contributed by atoms with Crippen LogP contribution in [-0.4, -0.2) is 32.1 Å². The molecule has 5 heteroatoms. The molecule has 0 saturated carbocycles. The Labute approximate surface area is 148 Å². The number of hydrogen-bond donors (Lipinski definition) is 0. The van der Waals surface area contributed by atoms with Crippen molar-refractivity contribution in [2.45, 2.75) is 20.8 Å². The molecule has 0 bridgehead atoms. The summed E-state index contributed by atoms with van der Waals surface area (Å²) >= 11 is 0. The number of nitrogens with zero attached hydrogens (tertiary/aromatic N) is 1. The molecule has 0 fully saturated rings. The fraction of sp³-hybridized carbons (Fsp3) is 0.300. The number of rotatable bonds is 4. The minimum atomic E-state index is -0.0766. The summed E-state index contributed by atoms with van der Waals surface area (Å²) in [5.74, 6) is 7.35. The quantitative estimate of drug-likeness (QED) is 0.626. The van der Waals surface area contributed by atoms with Gasteiger partial charge in [-0.05, 0) is 37.1 Å². The molecule has 0 radical (unpaired) electrons. The zero-order valence-corrected chi connectivity index (χ0v) is 15.5. The van der Waals surface area contributed by atoms with E-state index in [0.29, 0.717) is 34.1 Å². The van der Waals surface area contributed by atoms with Gasteiger partial charge in [-0.3, -0.25) is 4.79 Å². The fourth-order valence-corrected chi connectivity index (χ4v) is 2.07. The summed E-state index contributed by atoms with van der Waals surface area (Å²) in [7, 11) is 4.63. The molecule has 1 aromatic heterocycles. The van der Waals surface area contributed by atoms with Crippen molar-refractivity contribution in [2.75, 3.05) is 21.3 Å². The maximum absolute atomic E-state index is 11.6. The third-order valence-electron chi connectivity index (χ3n) is 3.18. The van der Waals surface area contributed by atoms with E-state index < -0.39 is 0 Å². The normalized spacial score (nSPS) is 9.04. The lowest BCUT2D eigenvalue weighted by Gasteiger charge is -2.12. The summed E-state index contributed by atoms with van der Waals surface area (Å²) in [5.41, 5.74) is 1.60. The Hall–Kier alpha value is -3.00. The van der Waals surface area contributed by atoms with E-state index in [4.69, 9.17) is 14.2 Å². The van der Waals surface area contributed by atoms with E-state index >= 15 is 0 Å². The van der Waals surface area contributed by atoms with Crippen molar-refractivity contribution in [1.29, 1.82) is 0 Å². The maximum atomic E-state index is 11.6. The highest BCUT2D eigenvalue weighted by molar-refractivity contribution is 5.96. The van der Waals surface area contributed by atoms with E-state index in [1.165, 1.54) is 6.92 Å². The molecule has 0 atom stereocenters. The van der Waals surface area contributed by atoms with Crippen LogP contribution in [0.25, 0.3) is 0 Å². The van der Waals surface area contributed by atoms with Gasteiger partial charge in [-0.1, -0.05) is 19.8 Å². The van der Waals surface area contributed by atoms with Gasteiger partial charge in [-0.25, -0.2) is 4.98 Å². The number of hydrogen-bond acceptors (Lipinski definition) is 5. The molecule has 0 aliphatic heterocycles. The van der Waals surface area contributed by atoms with Crippen molar-refractivity contribution in [3.8, 4) is 29.1 Å². The first-order valence-electron chi connectivity index (χ1n) is 7.88. The van der Waals surface area contributed by atoms with Crippen molar-refractivity contribution in [1.82, 2.24) is 4.98 Å². The molecule has 1 aromatic carbocycles. The van der Waals surface area contributed by atoms with Crippen LogP contribution in [0.1, 0.15) is 42.4 Å². The highest BCUT2D eigenvalue weighted by atomic mass is 16.5. The maximum Gasteiger partial charge on any atom is 0.203 e. The lowest BCUT2D eigenvalue weighted by atomic mass is 10.1. The van der Waals surface area contributed by atoms with Gasteiger partial charge in [-0.2, -0.15) is 0 Å². The van der Waals surface area contributed by atoms with E-state index in [9.17, 15) is 4.79 Å². The topological polar surface area (TPSA) is 57.7 Å². The third kappa shape index (κ3) is 4.98. The van der Waals surface area contributed by atoms with E-state index in [2.05, 4.69) is 16.8 Å². The monoisotopic (exact) mass is 341 g/mol. The van der Waals surface area contributed by atoms with E-state index in [1.807, 2.05) is 13.8 Å². The Morgan fingerprint density at radius 3 is 2.08 bits per heavy atom. The molecular weight excluding hydrogens is 318 g/mol. The average Bonchev–Trinajstić information content (AvgIpc) is 2.67. The van der Waals surface area contributed by atoms with Crippen LogP contribution in [0.2, 0.25) is 0 Å². The molecule has 25 heavy (non-hydrogen) atoms. The Morgan fingerprint density at radius 2 is 1.60 bits per heavy atom. The predicted molar refractivity (Wildman–Crippen MR) is 97.7 cm³/mol. The standard InChI is InChI=1S/C18H17NO4.C2H6/c1-12(20)14-6-5-9-19-15(14)8-7-13-10-16(21-2)18(23-4)17(11-13)22-3;1-2/h5-6,9-11H,1-4H3;1-2H3. The second-order valence-corrected chi connectivity index (χ2v) is 4.62. The summed E-state index contributed by atoms with van der Waals surface area (Å²) in [5, 5.41) is 0. The first kappa shape index (κ1) is 20.0. The van der Waals surface area contributed by atoms with Gasteiger partial charge in [0.25, 0.3) is 0 Å². The SMILES string of the molecule is CC.COc1cc(C#Cc2ncccc2C(C)=O)cc(OC)c1OC. The van der Waals surface area contributed by atoms with Crippen molar-refractivity contribution in [2.24, 2.45) is 0 Å². The number of carbonyl (C=O) groups is 1. The number of Topliss-reactive ketones (excluding diaryl/α,β-unsaturated/α-hetero) is 1. The van der Waals surface area contributed by atoms with E-state index in [-0.39, 0.29) is 5.78 Å². The summed E-state index contributed by atoms with van der Waals surface area (Å²) in [6.45, 7) is 5.49. The number of benzene rings is 1. The summed E-state index contributed by atoms with van der Waals surface area (Å²) in [4.78, 5) is 15.7. The highest BCUT2D eigenvalue weighted by Crippen LogP contribution is 2.37. The average molecular weight is 341 g/mol. The summed E-state index contributed by atoms with van der Waals surface area (Å²) < 4.78 is 15.9. The third-order valence-corrected chi connectivity index (χ3v) is 3.18. The van der Waals surface area contributed by atoms with Crippen molar-refractivity contribution in [3.63, 3.8) is 0 Å². The van der Waals surface area contributed by atoms with Gasteiger partial charge in [0.2, 0.25) is 5.75 Å². The number of ether oxygens (including phenoxy) is 3. The van der Waals surface area contributed by atoms with Gasteiger partial charge in [0.05, 0.1) is 26.9 Å². The highest BCUT2D eigenvalue weighted by Gasteiger charge is 2.12. The molecule has 5 nitrogen and oxygen atoms in total. The van der Waals surface area contributed by atoms with Crippen LogP contribution >= 0.6 is 0 Å². The Balaban J connectivity index is 0.00000151. The molecule has 0 unspecified atom stereocenters. The Kier molecular flexibility index (Phi) is 8.01. The van der Waals surface area contributed by atoms with E-state index in [1.54, 1.807) is 51.8 Å². The summed E-state index contributed by atoms with van der Waals surface area (Å²) in [6, 6.07) is 6.89. The van der Waals surface area contributed by atoms with Crippen molar-refractivity contribution >= 4 is 5.78 Å². The van der Waals surface area contributed by atoms with Crippen LogP contribution in [0.3, 0.4) is 0 Å². The first-order valence-corrected chi connectivity index (χ1v) is 7.88. The number of carbonyl (C=O) groups excluding carboxylic acids is 1. The number of methoxy groups -OCH3 is 3. The van der Waals surface area contributed by atoms with Crippen LogP contribution in [0.15, 0.2) is 30.5 Å². The van der Waals surface area contributed by atoms with Gasteiger partial charge in [0, 0.05) is 11.8 Å². The number of aromatic nitrogens is 1. The van der Waals surface area contributed by atoms with Gasteiger partial charge >= 0.3 is 0 Å². The molecule has 0 saturated heterocycles. The molecule has 1 heterocycles.